The van der Waals surface area contributed by atoms with Gasteiger partial charge >= 0.3 is 0 Å². The summed E-state index contributed by atoms with van der Waals surface area (Å²) >= 11 is 0. The number of carbonyl (C=O) groups excluding carboxylic acids is 1. The predicted molar refractivity (Wildman–Crippen MR) is 74.7 cm³/mol. The van der Waals surface area contributed by atoms with Crippen molar-refractivity contribution < 1.29 is 14.6 Å². The molecule has 0 bridgehead atoms. The van der Waals surface area contributed by atoms with E-state index in [2.05, 4.69) is 10.3 Å². The van der Waals surface area contributed by atoms with E-state index < -0.39 is 0 Å². The number of nitrogens with zero attached hydrogens (tertiary/aromatic N) is 1. The van der Waals surface area contributed by atoms with E-state index in [0.717, 1.165) is 5.56 Å². The molecule has 5 heteroatoms. The summed E-state index contributed by atoms with van der Waals surface area (Å²) in [4.78, 5) is 16.0. The summed E-state index contributed by atoms with van der Waals surface area (Å²) in [6.07, 6.45) is 1.48. The van der Waals surface area contributed by atoms with Gasteiger partial charge in [0.05, 0.1) is 12.2 Å². The second-order valence-corrected chi connectivity index (χ2v) is 4.17. The van der Waals surface area contributed by atoms with E-state index in [1.165, 1.54) is 6.20 Å². The molecule has 2 aromatic rings. The van der Waals surface area contributed by atoms with E-state index in [-0.39, 0.29) is 11.7 Å². The van der Waals surface area contributed by atoms with Crippen LogP contribution in [0, 0.1) is 0 Å². The average molecular weight is 272 g/mol. The molecule has 5 nitrogen and oxygen atoms in total. The molecule has 1 aromatic carbocycles. The van der Waals surface area contributed by atoms with Crippen LogP contribution >= 0.6 is 0 Å². The highest BCUT2D eigenvalue weighted by Crippen LogP contribution is 2.10. The van der Waals surface area contributed by atoms with Crippen molar-refractivity contribution >= 4 is 5.91 Å². The molecule has 0 spiro atoms. The van der Waals surface area contributed by atoms with Crippen LogP contribution in [0.1, 0.15) is 22.8 Å². The lowest BCUT2D eigenvalue weighted by Gasteiger charge is -2.06. The third kappa shape index (κ3) is 3.71. The number of ether oxygens (including phenoxy) is 1. The van der Waals surface area contributed by atoms with Gasteiger partial charge in [0, 0.05) is 18.8 Å². The Morgan fingerprint density at radius 2 is 2.00 bits per heavy atom. The van der Waals surface area contributed by atoms with Gasteiger partial charge < -0.3 is 15.2 Å². The Bertz CT molecular complexity index is 565. The number of aromatic nitrogens is 1. The topological polar surface area (TPSA) is 71.5 Å². The number of pyridine rings is 1. The van der Waals surface area contributed by atoms with Gasteiger partial charge in [-0.15, -0.1) is 0 Å². The first-order valence-corrected chi connectivity index (χ1v) is 6.34. The van der Waals surface area contributed by atoms with Crippen molar-refractivity contribution in [3.05, 3.63) is 53.7 Å². The van der Waals surface area contributed by atoms with E-state index in [4.69, 9.17) is 4.74 Å². The van der Waals surface area contributed by atoms with Crippen molar-refractivity contribution in [1.29, 1.82) is 0 Å². The van der Waals surface area contributed by atoms with Gasteiger partial charge in [-0.1, -0.05) is 12.1 Å². The van der Waals surface area contributed by atoms with Gasteiger partial charge in [-0.2, -0.15) is 0 Å². The Morgan fingerprint density at radius 3 is 2.60 bits per heavy atom. The van der Waals surface area contributed by atoms with Gasteiger partial charge in [-0.3, -0.25) is 4.79 Å². The predicted octanol–water partition coefficient (Wildman–Crippen LogP) is 2.12. The number of rotatable bonds is 5. The highest BCUT2D eigenvalue weighted by molar-refractivity contribution is 5.93. The molecular formula is C15H16N2O3. The molecule has 2 N–H and O–H groups in total. The highest BCUT2D eigenvalue weighted by Gasteiger charge is 2.06. The molecule has 0 saturated heterocycles. The first-order valence-electron chi connectivity index (χ1n) is 6.34. The van der Waals surface area contributed by atoms with E-state index >= 15 is 0 Å². The minimum Gasteiger partial charge on any atom is -0.508 e. The lowest BCUT2D eigenvalue weighted by atomic mass is 10.2. The van der Waals surface area contributed by atoms with Gasteiger partial charge in [0.15, 0.2) is 0 Å². The number of amides is 1. The standard InChI is InChI=1S/C15H16N2O3/c1-2-20-14-8-5-12(10-16-14)15(19)17-9-11-3-6-13(18)7-4-11/h3-8,10,18H,2,9H2,1H3,(H,17,19). The average Bonchev–Trinajstić information content (AvgIpc) is 2.47. The van der Waals surface area contributed by atoms with Crippen LogP contribution in [0.2, 0.25) is 0 Å². The summed E-state index contributed by atoms with van der Waals surface area (Å²) in [6.45, 7) is 2.81. The second kappa shape index (κ2) is 6.56. The molecule has 1 aromatic heterocycles. The van der Waals surface area contributed by atoms with E-state index in [1.807, 2.05) is 6.92 Å². The van der Waals surface area contributed by atoms with Crippen LogP contribution < -0.4 is 10.1 Å². The molecule has 0 saturated carbocycles. The number of phenols is 1. The zero-order valence-corrected chi connectivity index (χ0v) is 11.2. The van der Waals surface area contributed by atoms with Crippen LogP contribution in [-0.4, -0.2) is 22.6 Å². The lowest BCUT2D eigenvalue weighted by Crippen LogP contribution is -2.22. The van der Waals surface area contributed by atoms with Gasteiger partial charge in [0.2, 0.25) is 5.88 Å². The molecule has 0 unspecified atom stereocenters. The molecule has 0 aliphatic carbocycles. The number of phenolic OH excluding ortho intramolecular Hbond substituents is 1. The molecule has 0 radical (unpaired) electrons. The summed E-state index contributed by atoms with van der Waals surface area (Å²) in [7, 11) is 0. The fourth-order valence-corrected chi connectivity index (χ4v) is 1.65. The van der Waals surface area contributed by atoms with Gasteiger partial charge in [-0.05, 0) is 30.7 Å². The molecule has 104 valence electrons. The number of carbonyl (C=O) groups is 1. The fourth-order valence-electron chi connectivity index (χ4n) is 1.65. The van der Waals surface area contributed by atoms with Crippen molar-refractivity contribution in [2.24, 2.45) is 0 Å². The van der Waals surface area contributed by atoms with Crippen molar-refractivity contribution in [3.8, 4) is 11.6 Å². The molecule has 0 aliphatic heterocycles. The number of aromatic hydroxyl groups is 1. The molecule has 0 atom stereocenters. The Morgan fingerprint density at radius 1 is 1.25 bits per heavy atom. The Hall–Kier alpha value is -2.56. The van der Waals surface area contributed by atoms with Gasteiger partial charge in [0.25, 0.3) is 5.91 Å². The van der Waals surface area contributed by atoms with Crippen LogP contribution in [0.5, 0.6) is 11.6 Å². The molecule has 2 rings (SSSR count). The Labute approximate surface area is 117 Å². The second-order valence-electron chi connectivity index (χ2n) is 4.17. The number of hydrogen-bond acceptors (Lipinski definition) is 4. The summed E-state index contributed by atoms with van der Waals surface area (Å²) in [5.41, 5.74) is 1.39. The SMILES string of the molecule is CCOc1ccc(C(=O)NCc2ccc(O)cc2)cn1. The van der Waals surface area contributed by atoms with E-state index in [9.17, 15) is 9.90 Å². The van der Waals surface area contributed by atoms with E-state index in [0.29, 0.717) is 24.6 Å². The number of nitrogens with one attached hydrogen (secondary N) is 1. The maximum atomic E-state index is 11.9. The normalized spacial score (nSPS) is 10.1. The Kier molecular flexibility index (Phi) is 4.55. The smallest absolute Gasteiger partial charge is 0.253 e. The molecule has 0 aliphatic rings. The fraction of sp³-hybridized carbons (Fsp3) is 0.200. The number of hydrogen-bond donors (Lipinski definition) is 2. The van der Waals surface area contributed by atoms with Crippen molar-refractivity contribution in [3.63, 3.8) is 0 Å². The number of benzene rings is 1. The van der Waals surface area contributed by atoms with Gasteiger partial charge in [0.1, 0.15) is 5.75 Å². The quantitative estimate of drug-likeness (QED) is 0.874. The largest absolute Gasteiger partial charge is 0.508 e. The van der Waals surface area contributed by atoms with Crippen LogP contribution in [-0.2, 0) is 6.54 Å². The van der Waals surface area contributed by atoms with Crippen LogP contribution in [0.4, 0.5) is 0 Å². The Balaban J connectivity index is 1.92. The monoisotopic (exact) mass is 272 g/mol. The maximum Gasteiger partial charge on any atom is 0.253 e. The zero-order chi connectivity index (χ0) is 14.4. The zero-order valence-electron chi connectivity index (χ0n) is 11.2. The summed E-state index contributed by atoms with van der Waals surface area (Å²) in [6, 6.07) is 10.0. The summed E-state index contributed by atoms with van der Waals surface area (Å²) in [5.74, 6) is 0.506. The molecule has 20 heavy (non-hydrogen) atoms. The van der Waals surface area contributed by atoms with Crippen molar-refractivity contribution in [2.75, 3.05) is 6.61 Å². The van der Waals surface area contributed by atoms with Crippen LogP contribution in [0.25, 0.3) is 0 Å². The molecule has 1 amide bonds. The third-order valence-electron chi connectivity index (χ3n) is 2.68. The van der Waals surface area contributed by atoms with Crippen molar-refractivity contribution in [2.45, 2.75) is 13.5 Å². The minimum atomic E-state index is -0.200. The van der Waals surface area contributed by atoms with Crippen molar-refractivity contribution in [1.82, 2.24) is 10.3 Å². The van der Waals surface area contributed by atoms with Crippen LogP contribution in [0.15, 0.2) is 42.6 Å². The highest BCUT2D eigenvalue weighted by atomic mass is 16.5. The van der Waals surface area contributed by atoms with E-state index in [1.54, 1.807) is 36.4 Å². The van der Waals surface area contributed by atoms with Gasteiger partial charge in [-0.25, -0.2) is 4.98 Å². The summed E-state index contributed by atoms with van der Waals surface area (Å²) < 4.78 is 5.21. The summed E-state index contributed by atoms with van der Waals surface area (Å²) in [5, 5.41) is 12.0. The minimum absolute atomic E-state index is 0.200. The molecular weight excluding hydrogens is 256 g/mol. The lowest BCUT2D eigenvalue weighted by molar-refractivity contribution is 0.0950. The third-order valence-corrected chi connectivity index (χ3v) is 2.68. The first kappa shape index (κ1) is 13.9. The molecule has 0 fully saturated rings. The first-order chi connectivity index (χ1) is 9.69. The van der Waals surface area contributed by atoms with Crippen LogP contribution in [0.3, 0.4) is 0 Å². The molecule has 1 heterocycles. The maximum absolute atomic E-state index is 11.9.